The summed E-state index contributed by atoms with van der Waals surface area (Å²) in [5, 5.41) is 8.00. The summed E-state index contributed by atoms with van der Waals surface area (Å²) in [4.78, 5) is 32.2. The lowest BCUT2D eigenvalue weighted by molar-refractivity contribution is -0.120. The lowest BCUT2D eigenvalue weighted by Gasteiger charge is -2.34. The number of amides is 3. The van der Waals surface area contributed by atoms with Crippen molar-refractivity contribution in [3.05, 3.63) is 36.3 Å². The second-order valence-corrected chi connectivity index (χ2v) is 14.2. The summed E-state index contributed by atoms with van der Waals surface area (Å²) >= 11 is 0. The van der Waals surface area contributed by atoms with Crippen molar-refractivity contribution in [1.82, 2.24) is 33.9 Å². The van der Waals surface area contributed by atoms with Crippen LogP contribution in [-0.4, -0.2) is 94.2 Å². The van der Waals surface area contributed by atoms with Crippen LogP contribution in [0.4, 0.5) is 10.6 Å². The predicted octanol–water partition coefficient (Wildman–Crippen LogP) is 2.27. The topological polar surface area (TPSA) is 152 Å². The van der Waals surface area contributed by atoms with Gasteiger partial charge in [-0.25, -0.2) is 18.2 Å². The van der Waals surface area contributed by atoms with Gasteiger partial charge in [-0.2, -0.15) is 9.40 Å². The standard InChI is InChI=1S/C29H41N9O4S.ClH/c1-20(17-36-18-27(31-19-36)43(41,42)37-12-7-23(30)8-13-37)16-35-10-5-21(6-11-35)22-3-4-24-25(15-22)34(2)33-28(24)38-14-9-26(39)32-29(38)40;/h3-4,15,18-21,23H,5-14,16-17,30H2,1-2H3,(H,32,39,40);1H. The van der Waals surface area contributed by atoms with Crippen molar-refractivity contribution in [3.63, 3.8) is 0 Å². The van der Waals surface area contributed by atoms with Crippen molar-refractivity contribution in [3.8, 4) is 0 Å². The van der Waals surface area contributed by atoms with Gasteiger partial charge in [0.05, 0.1) is 11.8 Å². The van der Waals surface area contributed by atoms with Gasteiger partial charge < -0.3 is 15.2 Å². The molecule has 1 atom stereocenters. The summed E-state index contributed by atoms with van der Waals surface area (Å²) in [6.07, 6.45) is 7.00. The molecule has 3 N–H and O–H groups in total. The molecule has 5 heterocycles. The third-order valence-corrected chi connectivity index (χ3v) is 10.8. The number of nitrogens with one attached hydrogen (secondary N) is 1. The van der Waals surface area contributed by atoms with Crippen LogP contribution in [0, 0.1) is 5.92 Å². The number of sulfonamides is 1. The molecule has 1 unspecified atom stereocenters. The number of nitrogens with zero attached hydrogens (tertiary/aromatic N) is 7. The fourth-order valence-corrected chi connectivity index (χ4v) is 8.01. The van der Waals surface area contributed by atoms with E-state index in [1.54, 1.807) is 12.5 Å². The van der Waals surface area contributed by atoms with Crippen LogP contribution in [-0.2, 0) is 28.4 Å². The van der Waals surface area contributed by atoms with Crippen molar-refractivity contribution in [2.24, 2.45) is 18.7 Å². The van der Waals surface area contributed by atoms with Crippen LogP contribution in [0.3, 0.4) is 0 Å². The van der Waals surface area contributed by atoms with E-state index in [9.17, 15) is 18.0 Å². The molecule has 3 fully saturated rings. The van der Waals surface area contributed by atoms with Crippen LogP contribution in [0.1, 0.15) is 50.5 Å². The highest BCUT2D eigenvalue weighted by Crippen LogP contribution is 2.34. The van der Waals surface area contributed by atoms with Crippen LogP contribution in [0.2, 0.25) is 0 Å². The van der Waals surface area contributed by atoms with E-state index < -0.39 is 16.1 Å². The number of hydrogen-bond acceptors (Lipinski definition) is 8. The molecule has 0 saturated carbocycles. The van der Waals surface area contributed by atoms with Gasteiger partial charge in [-0.1, -0.05) is 13.0 Å². The quantitative estimate of drug-likeness (QED) is 0.378. The van der Waals surface area contributed by atoms with Crippen molar-refractivity contribution in [2.75, 3.05) is 44.2 Å². The average Bonchev–Trinajstić information content (AvgIpc) is 3.58. The number of anilines is 1. The van der Waals surface area contributed by atoms with E-state index in [0.29, 0.717) is 56.7 Å². The van der Waals surface area contributed by atoms with E-state index in [1.165, 1.54) is 14.8 Å². The zero-order valence-electron chi connectivity index (χ0n) is 25.3. The average molecular weight is 648 g/mol. The molecule has 6 rings (SSSR count). The molecule has 0 bridgehead atoms. The molecule has 3 aliphatic rings. The van der Waals surface area contributed by atoms with E-state index in [1.807, 2.05) is 22.4 Å². The summed E-state index contributed by atoms with van der Waals surface area (Å²) in [7, 11) is -1.70. The number of hydrogen-bond donors (Lipinski definition) is 2. The Hall–Kier alpha value is -3.04. The largest absolute Gasteiger partial charge is 0.336 e. The first-order valence-corrected chi connectivity index (χ1v) is 16.6. The SMILES string of the molecule is CC(CN1CCC(c2ccc3c(N4CCC(=O)NC4=O)nn(C)c3c2)CC1)Cn1cnc(S(=O)(=O)N2CCC(N)CC2)c1.Cl. The highest BCUT2D eigenvalue weighted by molar-refractivity contribution is 7.89. The summed E-state index contributed by atoms with van der Waals surface area (Å²) in [6.45, 7) is 7.03. The Morgan fingerprint density at radius 2 is 1.77 bits per heavy atom. The van der Waals surface area contributed by atoms with Crippen LogP contribution >= 0.6 is 12.4 Å². The van der Waals surface area contributed by atoms with Gasteiger partial charge in [-0.05, 0) is 68.3 Å². The molecule has 44 heavy (non-hydrogen) atoms. The zero-order chi connectivity index (χ0) is 30.3. The van der Waals surface area contributed by atoms with Gasteiger partial charge in [0.2, 0.25) is 5.91 Å². The summed E-state index contributed by atoms with van der Waals surface area (Å²) < 4.78 is 31.2. The van der Waals surface area contributed by atoms with Crippen molar-refractivity contribution >= 4 is 51.1 Å². The number of imidazole rings is 1. The van der Waals surface area contributed by atoms with Gasteiger partial charge in [0.15, 0.2) is 10.8 Å². The molecule has 3 saturated heterocycles. The lowest BCUT2D eigenvalue weighted by Crippen LogP contribution is -2.49. The second kappa shape index (κ2) is 13.1. The molecule has 1 aromatic carbocycles. The van der Waals surface area contributed by atoms with Gasteiger partial charge in [0.25, 0.3) is 10.0 Å². The Morgan fingerprint density at radius 1 is 1.05 bits per heavy atom. The highest BCUT2D eigenvalue weighted by Gasteiger charge is 2.31. The number of benzene rings is 1. The fraction of sp³-hybridized carbons (Fsp3) is 0.586. The number of rotatable bonds is 8. The zero-order valence-corrected chi connectivity index (χ0v) is 26.9. The maximum Gasteiger partial charge on any atom is 0.329 e. The van der Waals surface area contributed by atoms with Crippen molar-refractivity contribution < 1.29 is 18.0 Å². The van der Waals surface area contributed by atoms with Crippen LogP contribution in [0.15, 0.2) is 35.7 Å². The predicted molar refractivity (Wildman–Crippen MR) is 169 cm³/mol. The maximum absolute atomic E-state index is 13.0. The Bertz CT molecular complexity index is 1610. The molecule has 240 valence electrons. The number of halogens is 1. The summed E-state index contributed by atoms with van der Waals surface area (Å²) in [5.74, 6) is 1.10. The molecule has 3 aliphatic heterocycles. The molecule has 15 heteroatoms. The number of carbonyl (C=O) groups is 2. The fourth-order valence-electron chi connectivity index (χ4n) is 6.60. The number of urea groups is 1. The van der Waals surface area contributed by atoms with Gasteiger partial charge in [-0.15, -0.1) is 12.4 Å². The van der Waals surface area contributed by atoms with Crippen molar-refractivity contribution in [1.29, 1.82) is 0 Å². The summed E-state index contributed by atoms with van der Waals surface area (Å²) in [6, 6.07) is 6.02. The number of fused-ring (bicyclic) bond motifs is 1. The Morgan fingerprint density at radius 3 is 2.48 bits per heavy atom. The number of carbonyl (C=O) groups excluding carboxylic acids is 2. The summed E-state index contributed by atoms with van der Waals surface area (Å²) in [5.41, 5.74) is 8.18. The minimum absolute atomic E-state index is 0. The number of imide groups is 1. The first-order valence-electron chi connectivity index (χ1n) is 15.2. The van der Waals surface area contributed by atoms with E-state index in [4.69, 9.17) is 5.73 Å². The minimum Gasteiger partial charge on any atom is -0.336 e. The number of piperidine rings is 2. The maximum atomic E-state index is 13.0. The lowest BCUT2D eigenvalue weighted by atomic mass is 9.88. The molecule has 2 aromatic heterocycles. The second-order valence-electron chi connectivity index (χ2n) is 12.3. The molecule has 3 aromatic rings. The normalized spacial score (nSPS) is 20.6. The van der Waals surface area contributed by atoms with Gasteiger partial charge in [-0.3, -0.25) is 19.7 Å². The molecular formula is C29H42ClN9O4S. The van der Waals surface area contributed by atoms with E-state index >= 15 is 0 Å². The minimum atomic E-state index is -3.59. The van der Waals surface area contributed by atoms with Crippen molar-refractivity contribution in [2.45, 2.75) is 62.6 Å². The molecule has 0 radical (unpaired) electrons. The Balaban J connectivity index is 0.00000384. The number of aromatic nitrogens is 4. The molecule has 3 amide bonds. The van der Waals surface area contributed by atoms with Crippen LogP contribution in [0.5, 0.6) is 0 Å². The molecule has 0 spiro atoms. The molecule has 0 aliphatic carbocycles. The van der Waals surface area contributed by atoms with Crippen LogP contribution in [0.25, 0.3) is 10.9 Å². The Labute approximate surface area is 264 Å². The first-order chi connectivity index (χ1) is 20.6. The smallest absolute Gasteiger partial charge is 0.329 e. The Kier molecular flexibility index (Phi) is 9.66. The first kappa shape index (κ1) is 32.4. The number of nitrogens with two attached hydrogens (primary N) is 1. The van der Waals surface area contributed by atoms with Gasteiger partial charge in [0.1, 0.15) is 0 Å². The number of likely N-dealkylation sites (tertiary alicyclic amines) is 1. The number of aryl methyl sites for hydroxylation is 1. The highest BCUT2D eigenvalue weighted by atomic mass is 35.5. The molecular weight excluding hydrogens is 606 g/mol. The van der Waals surface area contributed by atoms with E-state index in [2.05, 4.69) is 39.4 Å². The third-order valence-electron chi connectivity index (χ3n) is 9.03. The van der Waals surface area contributed by atoms with Gasteiger partial charge >= 0.3 is 6.03 Å². The molecule has 13 nitrogen and oxygen atoms in total. The van der Waals surface area contributed by atoms with Gasteiger partial charge in [0, 0.05) is 63.8 Å². The third kappa shape index (κ3) is 6.64. The monoisotopic (exact) mass is 647 g/mol. The van der Waals surface area contributed by atoms with E-state index in [0.717, 1.165) is 43.4 Å². The van der Waals surface area contributed by atoms with E-state index in [-0.39, 0.29) is 35.8 Å². The van der Waals surface area contributed by atoms with Crippen LogP contribution < -0.4 is 16.0 Å².